The summed E-state index contributed by atoms with van der Waals surface area (Å²) in [4.78, 5) is 23.3. The minimum absolute atomic E-state index is 0.162. The Bertz CT molecular complexity index is 514. The third-order valence-electron chi connectivity index (χ3n) is 3.33. The molecule has 0 aliphatic rings. The van der Waals surface area contributed by atoms with Crippen LogP contribution in [0.15, 0.2) is 18.2 Å². The molecule has 0 aliphatic carbocycles. The Labute approximate surface area is 143 Å². The number of hydrogen-bond donors (Lipinski definition) is 0. The van der Waals surface area contributed by atoms with Crippen LogP contribution in [0.2, 0.25) is 5.02 Å². The van der Waals surface area contributed by atoms with Gasteiger partial charge in [-0.15, -0.1) is 0 Å². The summed E-state index contributed by atoms with van der Waals surface area (Å²) in [5, 5.41) is 0.399. The third-order valence-corrected chi connectivity index (χ3v) is 3.65. The quantitative estimate of drug-likeness (QED) is 0.347. The average molecular weight is 341 g/mol. The molecule has 1 aromatic rings. The molecule has 0 N–H and O–H groups in total. The zero-order valence-electron chi connectivity index (χ0n) is 13.9. The molecule has 0 saturated heterocycles. The van der Waals surface area contributed by atoms with E-state index in [9.17, 15) is 9.59 Å². The second-order valence-electron chi connectivity index (χ2n) is 5.54. The summed E-state index contributed by atoms with van der Waals surface area (Å²) in [5.74, 6) is -0.300. The molecule has 0 atom stereocenters. The molecular weight excluding hydrogens is 316 g/mol. The molecule has 0 bridgehead atoms. The highest BCUT2D eigenvalue weighted by Crippen LogP contribution is 2.25. The lowest BCUT2D eigenvalue weighted by Crippen LogP contribution is -2.11. The Balaban J connectivity index is 2.18. The maximum atomic E-state index is 11.8. The number of esters is 2. The van der Waals surface area contributed by atoms with E-state index in [0.717, 1.165) is 31.2 Å². The Kier molecular flexibility index (Phi) is 9.37. The van der Waals surface area contributed by atoms with Gasteiger partial charge in [-0.05, 0) is 37.5 Å². The van der Waals surface area contributed by atoms with Crippen LogP contribution in [0.5, 0.6) is 5.75 Å². The lowest BCUT2D eigenvalue weighted by molar-refractivity contribution is -0.144. The van der Waals surface area contributed by atoms with Crippen molar-refractivity contribution in [3.63, 3.8) is 0 Å². The number of unbranched alkanes of at least 4 members (excludes halogenated alkanes) is 3. The lowest BCUT2D eigenvalue weighted by Gasteiger charge is -2.07. The van der Waals surface area contributed by atoms with Crippen LogP contribution in [0.4, 0.5) is 0 Å². The predicted molar refractivity (Wildman–Crippen MR) is 90.8 cm³/mol. The highest BCUT2D eigenvalue weighted by Gasteiger charge is 2.10. The highest BCUT2D eigenvalue weighted by atomic mass is 35.5. The average Bonchev–Trinajstić information content (AvgIpc) is 2.50. The number of aryl methyl sites for hydroxylation is 1. The van der Waals surface area contributed by atoms with E-state index in [-0.39, 0.29) is 18.8 Å². The number of carbonyl (C=O) groups excluding carboxylic acids is 2. The molecule has 1 rings (SSSR count). The van der Waals surface area contributed by atoms with Gasteiger partial charge in [-0.1, -0.05) is 43.9 Å². The Hall–Kier alpha value is -1.55. The maximum absolute atomic E-state index is 11.8. The summed E-state index contributed by atoms with van der Waals surface area (Å²) in [6.07, 6.45) is 5.09. The Morgan fingerprint density at radius 1 is 1.04 bits per heavy atom. The molecule has 5 heteroatoms. The number of benzene rings is 1. The van der Waals surface area contributed by atoms with Crippen LogP contribution in [-0.4, -0.2) is 18.5 Å². The molecule has 0 heterocycles. The van der Waals surface area contributed by atoms with Gasteiger partial charge in [-0.3, -0.25) is 9.59 Å². The standard InChI is InChI=1S/C18H25ClO4/c1-3-4-5-6-12-22-17(20)8-7-9-18(21)23-16-13-14(2)10-11-15(16)19/h10-11,13H,3-9,12H2,1-2H3. The van der Waals surface area contributed by atoms with E-state index in [4.69, 9.17) is 21.1 Å². The molecule has 128 valence electrons. The van der Waals surface area contributed by atoms with Crippen LogP contribution >= 0.6 is 11.6 Å². The van der Waals surface area contributed by atoms with Crippen LogP contribution in [0.1, 0.15) is 57.4 Å². The first kappa shape index (κ1) is 19.5. The fourth-order valence-corrected chi connectivity index (χ4v) is 2.18. The fraction of sp³-hybridized carbons (Fsp3) is 0.556. The van der Waals surface area contributed by atoms with Crippen LogP contribution < -0.4 is 4.74 Å². The van der Waals surface area contributed by atoms with E-state index in [1.54, 1.807) is 12.1 Å². The van der Waals surface area contributed by atoms with Gasteiger partial charge in [0.1, 0.15) is 5.75 Å². The van der Waals surface area contributed by atoms with E-state index in [0.29, 0.717) is 23.8 Å². The molecule has 23 heavy (non-hydrogen) atoms. The van der Waals surface area contributed by atoms with E-state index in [1.165, 1.54) is 0 Å². The molecule has 0 unspecified atom stereocenters. The van der Waals surface area contributed by atoms with Crippen molar-refractivity contribution >= 4 is 23.5 Å². The third kappa shape index (κ3) is 8.60. The molecule has 0 fully saturated rings. The van der Waals surface area contributed by atoms with Gasteiger partial charge in [0.15, 0.2) is 0 Å². The molecule has 0 spiro atoms. The van der Waals surface area contributed by atoms with Gasteiger partial charge in [0.05, 0.1) is 11.6 Å². The Morgan fingerprint density at radius 2 is 1.78 bits per heavy atom. The van der Waals surface area contributed by atoms with E-state index >= 15 is 0 Å². The van der Waals surface area contributed by atoms with Crippen molar-refractivity contribution in [2.45, 2.75) is 58.8 Å². The first-order valence-corrected chi connectivity index (χ1v) is 8.53. The van der Waals surface area contributed by atoms with Gasteiger partial charge >= 0.3 is 11.9 Å². The van der Waals surface area contributed by atoms with Crippen molar-refractivity contribution in [1.29, 1.82) is 0 Å². The topological polar surface area (TPSA) is 52.6 Å². The first-order valence-electron chi connectivity index (χ1n) is 8.15. The normalized spacial score (nSPS) is 10.4. The minimum Gasteiger partial charge on any atom is -0.466 e. The minimum atomic E-state index is -0.395. The van der Waals surface area contributed by atoms with Crippen molar-refractivity contribution in [3.8, 4) is 5.75 Å². The Morgan fingerprint density at radius 3 is 2.52 bits per heavy atom. The summed E-state index contributed by atoms with van der Waals surface area (Å²) < 4.78 is 10.3. The predicted octanol–water partition coefficient (Wildman–Crippen LogP) is 4.85. The smallest absolute Gasteiger partial charge is 0.311 e. The van der Waals surface area contributed by atoms with Crippen molar-refractivity contribution in [2.24, 2.45) is 0 Å². The number of ether oxygens (including phenoxy) is 2. The number of halogens is 1. The summed E-state index contributed by atoms with van der Waals surface area (Å²) in [6, 6.07) is 5.25. The maximum Gasteiger partial charge on any atom is 0.311 e. The molecular formula is C18H25ClO4. The van der Waals surface area contributed by atoms with Crippen LogP contribution in [0.25, 0.3) is 0 Å². The van der Waals surface area contributed by atoms with Gasteiger partial charge in [-0.2, -0.15) is 0 Å². The summed E-state index contributed by atoms with van der Waals surface area (Å²) in [5.41, 5.74) is 0.962. The summed E-state index contributed by atoms with van der Waals surface area (Å²) in [7, 11) is 0. The van der Waals surface area contributed by atoms with Crippen molar-refractivity contribution < 1.29 is 19.1 Å². The number of rotatable bonds is 10. The molecule has 1 aromatic carbocycles. The van der Waals surface area contributed by atoms with Crippen molar-refractivity contribution in [2.75, 3.05) is 6.61 Å². The molecule has 4 nitrogen and oxygen atoms in total. The summed E-state index contributed by atoms with van der Waals surface area (Å²) >= 11 is 5.97. The fourth-order valence-electron chi connectivity index (χ4n) is 2.03. The van der Waals surface area contributed by atoms with Gasteiger partial charge in [0.25, 0.3) is 0 Å². The van der Waals surface area contributed by atoms with E-state index in [2.05, 4.69) is 6.92 Å². The van der Waals surface area contributed by atoms with Crippen LogP contribution in [-0.2, 0) is 14.3 Å². The largest absolute Gasteiger partial charge is 0.466 e. The van der Waals surface area contributed by atoms with E-state index in [1.807, 2.05) is 13.0 Å². The van der Waals surface area contributed by atoms with Gasteiger partial charge < -0.3 is 9.47 Å². The number of carbonyl (C=O) groups is 2. The van der Waals surface area contributed by atoms with E-state index < -0.39 is 5.97 Å². The van der Waals surface area contributed by atoms with Crippen LogP contribution in [0, 0.1) is 6.92 Å². The van der Waals surface area contributed by atoms with Gasteiger partial charge in [0.2, 0.25) is 0 Å². The summed E-state index contributed by atoms with van der Waals surface area (Å²) in [6.45, 7) is 4.49. The first-order chi connectivity index (χ1) is 11.0. The van der Waals surface area contributed by atoms with Gasteiger partial charge in [-0.25, -0.2) is 0 Å². The molecule has 0 saturated carbocycles. The lowest BCUT2D eigenvalue weighted by atomic mass is 10.2. The zero-order chi connectivity index (χ0) is 17.1. The monoisotopic (exact) mass is 340 g/mol. The van der Waals surface area contributed by atoms with Crippen molar-refractivity contribution in [3.05, 3.63) is 28.8 Å². The SMILES string of the molecule is CCCCCCOC(=O)CCCC(=O)Oc1cc(C)ccc1Cl. The molecule has 0 radical (unpaired) electrons. The second-order valence-corrected chi connectivity index (χ2v) is 5.95. The molecule has 0 aliphatic heterocycles. The molecule has 0 amide bonds. The second kappa shape index (κ2) is 11.1. The van der Waals surface area contributed by atoms with Gasteiger partial charge in [0, 0.05) is 12.8 Å². The van der Waals surface area contributed by atoms with Crippen LogP contribution in [0.3, 0.4) is 0 Å². The molecule has 0 aromatic heterocycles. The zero-order valence-corrected chi connectivity index (χ0v) is 14.7. The van der Waals surface area contributed by atoms with Crippen molar-refractivity contribution in [1.82, 2.24) is 0 Å². The number of hydrogen-bond acceptors (Lipinski definition) is 4. The highest BCUT2D eigenvalue weighted by molar-refractivity contribution is 6.32.